The van der Waals surface area contributed by atoms with Crippen LogP contribution in [0.15, 0.2) is 58.3 Å². The van der Waals surface area contributed by atoms with Crippen LogP contribution in [0.5, 0.6) is 0 Å². The van der Waals surface area contributed by atoms with Crippen molar-refractivity contribution in [3.8, 4) is 0 Å². The second-order valence-corrected chi connectivity index (χ2v) is 21.2. The van der Waals surface area contributed by atoms with E-state index in [2.05, 4.69) is 13.8 Å². The predicted octanol–water partition coefficient (Wildman–Crippen LogP) is 16.7. The van der Waals surface area contributed by atoms with Crippen molar-refractivity contribution >= 4 is 58.0 Å². The SMILES string of the molecule is CCCCCCCCCCCCCCCCCCCCCc1cccc(S(=O)(=O)[O-])c1.CCCCCCCCCCCCCCCCCCCCCc1cccc(S(=O)(=O)[O-])c1.[Ca+2]. The van der Waals surface area contributed by atoms with E-state index in [1.807, 2.05) is 12.1 Å². The fraction of sp³-hybridized carbons (Fsp3) is 0.778. The number of hydrogen-bond donors (Lipinski definition) is 0. The maximum Gasteiger partial charge on any atom is 2.00 e. The van der Waals surface area contributed by atoms with Crippen molar-refractivity contribution in [1.82, 2.24) is 0 Å². The fourth-order valence-corrected chi connectivity index (χ4v) is 9.61. The molecule has 0 heterocycles. The first kappa shape index (κ1) is 62.5. The molecule has 0 spiro atoms. The van der Waals surface area contributed by atoms with E-state index in [0.29, 0.717) is 0 Å². The van der Waals surface area contributed by atoms with Gasteiger partial charge in [0.1, 0.15) is 20.2 Å². The van der Waals surface area contributed by atoms with Crippen LogP contribution in [-0.4, -0.2) is 63.7 Å². The zero-order valence-corrected chi connectivity index (χ0v) is 44.7. The quantitative estimate of drug-likeness (QED) is 0.0372. The van der Waals surface area contributed by atoms with E-state index in [0.717, 1.165) is 36.8 Å². The van der Waals surface area contributed by atoms with Gasteiger partial charge in [-0.1, -0.05) is 269 Å². The molecule has 6 nitrogen and oxygen atoms in total. The molecule has 0 atom stereocenters. The number of aryl methyl sites for hydroxylation is 2. The van der Waals surface area contributed by atoms with Gasteiger partial charge < -0.3 is 9.11 Å². The van der Waals surface area contributed by atoms with Gasteiger partial charge in [0.2, 0.25) is 0 Å². The summed E-state index contributed by atoms with van der Waals surface area (Å²) in [5.74, 6) is 0. The molecule has 2 aromatic carbocycles. The molecule has 0 aliphatic carbocycles. The van der Waals surface area contributed by atoms with Crippen LogP contribution in [0.4, 0.5) is 0 Å². The second-order valence-electron chi connectivity index (χ2n) is 18.4. The third-order valence-corrected chi connectivity index (χ3v) is 14.2. The molecule has 0 aromatic heterocycles. The van der Waals surface area contributed by atoms with Crippen molar-refractivity contribution in [3.05, 3.63) is 59.7 Å². The Morgan fingerprint density at radius 2 is 0.508 bits per heavy atom. The topological polar surface area (TPSA) is 114 Å². The monoisotopic (exact) mass is 943 g/mol. The minimum absolute atomic E-state index is 0. The summed E-state index contributed by atoms with van der Waals surface area (Å²) in [5, 5.41) is 0. The van der Waals surface area contributed by atoms with Crippen molar-refractivity contribution in [2.75, 3.05) is 0 Å². The van der Waals surface area contributed by atoms with Crippen LogP contribution in [-0.2, 0) is 33.1 Å². The summed E-state index contributed by atoms with van der Waals surface area (Å²) < 4.78 is 66.5. The molecule has 0 radical (unpaired) electrons. The molecule has 2 rings (SSSR count). The fourth-order valence-electron chi connectivity index (χ4n) is 8.53. The summed E-state index contributed by atoms with van der Waals surface area (Å²) in [4.78, 5) is -0.217. The van der Waals surface area contributed by atoms with Gasteiger partial charge >= 0.3 is 37.7 Å². The standard InChI is InChI=1S/2C27H48O3S.Ca/c2*1-2-3-4-5-6-7-8-9-10-11-12-13-14-15-16-17-18-19-20-22-26-23-21-24-27(25-26)31(28,29)30;/h2*21,23-25H,2-20,22H2,1H3,(H,28,29,30);/q;;+2/p-2. The Kier molecular flexibility index (Phi) is 43.7. The van der Waals surface area contributed by atoms with Crippen LogP contribution in [0, 0.1) is 0 Å². The van der Waals surface area contributed by atoms with Crippen molar-refractivity contribution in [1.29, 1.82) is 0 Å². The summed E-state index contributed by atoms with van der Waals surface area (Å²) in [7, 11) is -8.68. The molecule has 360 valence electrons. The van der Waals surface area contributed by atoms with E-state index < -0.39 is 20.2 Å². The molecule has 0 aliphatic heterocycles. The largest absolute Gasteiger partial charge is 2.00 e. The maximum absolute atomic E-state index is 11.1. The summed E-state index contributed by atoms with van der Waals surface area (Å²) in [6.45, 7) is 4.56. The average molecular weight is 944 g/mol. The molecular weight excluding hydrogens is 849 g/mol. The van der Waals surface area contributed by atoms with E-state index in [-0.39, 0.29) is 47.5 Å². The zero-order valence-electron chi connectivity index (χ0n) is 40.9. The maximum atomic E-state index is 11.1. The van der Waals surface area contributed by atoms with Crippen LogP contribution in [0.1, 0.15) is 269 Å². The van der Waals surface area contributed by atoms with Crippen molar-refractivity contribution in [2.45, 2.75) is 280 Å². The molecule has 0 amide bonds. The minimum atomic E-state index is -4.34. The number of hydrogen-bond acceptors (Lipinski definition) is 6. The Labute approximate surface area is 420 Å². The molecule has 2 aromatic rings. The van der Waals surface area contributed by atoms with Gasteiger partial charge in [0.05, 0.1) is 9.79 Å². The van der Waals surface area contributed by atoms with Crippen LogP contribution in [0.2, 0.25) is 0 Å². The number of unbranched alkanes of at least 4 members (excludes halogenated alkanes) is 36. The van der Waals surface area contributed by atoms with Gasteiger partial charge in [-0.15, -0.1) is 0 Å². The van der Waals surface area contributed by atoms with Crippen molar-refractivity contribution < 1.29 is 25.9 Å². The molecule has 0 N–H and O–H groups in total. The van der Waals surface area contributed by atoms with E-state index >= 15 is 0 Å². The molecule has 0 aliphatic rings. The Hall–Kier alpha value is -0.480. The van der Waals surface area contributed by atoms with E-state index in [1.54, 1.807) is 12.1 Å². The molecule has 0 unspecified atom stereocenters. The zero-order chi connectivity index (χ0) is 45.3. The van der Waals surface area contributed by atoms with Gasteiger partial charge in [0.15, 0.2) is 0 Å². The third-order valence-electron chi connectivity index (χ3n) is 12.5. The van der Waals surface area contributed by atoms with Gasteiger partial charge in [0.25, 0.3) is 0 Å². The molecule has 0 saturated heterocycles. The minimum Gasteiger partial charge on any atom is -0.744 e. The summed E-state index contributed by atoms with van der Waals surface area (Å²) >= 11 is 0. The van der Waals surface area contributed by atoms with Gasteiger partial charge in [-0.05, 0) is 61.1 Å². The number of benzene rings is 2. The normalized spacial score (nSPS) is 11.6. The van der Waals surface area contributed by atoms with Gasteiger partial charge in [-0.2, -0.15) is 0 Å². The molecule has 0 saturated carbocycles. The Morgan fingerprint density at radius 1 is 0.317 bits per heavy atom. The molecule has 9 heteroatoms. The predicted molar refractivity (Wildman–Crippen MR) is 269 cm³/mol. The molecule has 63 heavy (non-hydrogen) atoms. The first-order valence-corrected chi connectivity index (χ1v) is 29.0. The van der Waals surface area contributed by atoms with E-state index in [4.69, 9.17) is 0 Å². The van der Waals surface area contributed by atoms with E-state index in [1.165, 1.54) is 255 Å². The summed E-state index contributed by atoms with van der Waals surface area (Å²) in [5.41, 5.74) is 1.90. The van der Waals surface area contributed by atoms with Crippen LogP contribution in [0.3, 0.4) is 0 Å². The van der Waals surface area contributed by atoms with E-state index in [9.17, 15) is 25.9 Å². The first-order chi connectivity index (χ1) is 30.1. The van der Waals surface area contributed by atoms with Gasteiger partial charge in [-0.3, -0.25) is 0 Å². The van der Waals surface area contributed by atoms with Crippen molar-refractivity contribution in [3.63, 3.8) is 0 Å². The molecule has 0 bridgehead atoms. The van der Waals surface area contributed by atoms with Crippen LogP contribution < -0.4 is 0 Å². The molecule has 0 fully saturated rings. The average Bonchev–Trinajstić information content (AvgIpc) is 3.25. The first-order valence-electron chi connectivity index (χ1n) is 26.2. The van der Waals surface area contributed by atoms with Gasteiger partial charge in [0, 0.05) is 0 Å². The number of rotatable bonds is 42. The molecular formula is C54H94CaO6S2. The Morgan fingerprint density at radius 3 is 0.698 bits per heavy atom. The Bertz CT molecular complexity index is 1400. The Balaban J connectivity index is 0.00000120. The smallest absolute Gasteiger partial charge is 0.744 e. The second kappa shape index (κ2) is 44.1. The van der Waals surface area contributed by atoms with Crippen LogP contribution >= 0.6 is 0 Å². The van der Waals surface area contributed by atoms with Crippen LogP contribution in [0.25, 0.3) is 0 Å². The summed E-state index contributed by atoms with van der Waals surface area (Å²) in [6.07, 6.45) is 53.5. The van der Waals surface area contributed by atoms with Gasteiger partial charge in [-0.25, -0.2) is 16.8 Å². The summed E-state index contributed by atoms with van der Waals surface area (Å²) in [6, 6.07) is 12.9. The van der Waals surface area contributed by atoms with Crippen molar-refractivity contribution in [2.24, 2.45) is 0 Å². The third kappa shape index (κ3) is 40.3.